The lowest BCUT2D eigenvalue weighted by Gasteiger charge is -2.33. The molecule has 3 amide bonds. The Morgan fingerprint density at radius 2 is 1.94 bits per heavy atom. The van der Waals surface area contributed by atoms with Gasteiger partial charge in [-0.05, 0) is 57.1 Å². The molecule has 180 valence electrons. The number of carbonyl (C=O) groups excluding carboxylic acids is 3. The molecule has 5 atom stereocenters. The number of aliphatic hydroxyl groups excluding tert-OH is 1. The lowest BCUT2D eigenvalue weighted by atomic mass is 9.70. The number of aliphatic hydroxyl groups is 1. The summed E-state index contributed by atoms with van der Waals surface area (Å²) in [5, 5.41) is 15.2. The number of hydrogen-bond donors (Lipinski definition) is 3. The molecule has 8 nitrogen and oxygen atoms in total. The minimum Gasteiger partial charge on any atom is -0.396 e. The fourth-order valence-electron chi connectivity index (χ4n) is 5.96. The number of nitrogens with zero attached hydrogens (tertiary/aromatic N) is 1. The lowest BCUT2D eigenvalue weighted by molar-refractivity contribution is -0.140. The standard InChI is InChI=1S/C25H35N3O5/c1-4-12-26-22(30)18-17-10-11-25(33-17)19(18)24(32)28(13-5-6-14-29)21(25)23(31)27-20-15(2)8-7-9-16(20)3/h7-9,17-19,21,29H,4-6,10-14H2,1-3H3,(H,26,30)(H,27,31)/t17-,18+,19+,21?,25?/m1/s1. The van der Waals surface area contributed by atoms with E-state index in [2.05, 4.69) is 10.6 Å². The van der Waals surface area contributed by atoms with E-state index in [0.717, 1.165) is 23.2 Å². The minimum absolute atomic E-state index is 0.0243. The normalized spacial score (nSPS) is 29.9. The third-order valence-electron chi connectivity index (χ3n) is 7.44. The molecule has 3 aliphatic heterocycles. The molecule has 3 aliphatic rings. The summed E-state index contributed by atoms with van der Waals surface area (Å²) in [6.45, 7) is 6.78. The molecule has 1 spiro atoms. The topological polar surface area (TPSA) is 108 Å². The summed E-state index contributed by atoms with van der Waals surface area (Å²) in [6.07, 6.45) is 2.82. The number of likely N-dealkylation sites (tertiary alicyclic amines) is 1. The van der Waals surface area contributed by atoms with E-state index in [1.165, 1.54) is 0 Å². The van der Waals surface area contributed by atoms with Crippen LogP contribution in [0.4, 0.5) is 5.69 Å². The van der Waals surface area contributed by atoms with Crippen molar-refractivity contribution >= 4 is 23.4 Å². The number of hydrogen-bond acceptors (Lipinski definition) is 5. The van der Waals surface area contributed by atoms with Crippen molar-refractivity contribution in [1.82, 2.24) is 10.2 Å². The van der Waals surface area contributed by atoms with Gasteiger partial charge in [0.1, 0.15) is 11.6 Å². The number of aryl methyl sites for hydroxylation is 2. The molecule has 1 aromatic carbocycles. The molecule has 0 saturated carbocycles. The maximum atomic E-state index is 13.7. The minimum atomic E-state index is -0.990. The predicted molar refractivity (Wildman–Crippen MR) is 123 cm³/mol. The summed E-state index contributed by atoms with van der Waals surface area (Å²) < 4.78 is 6.40. The monoisotopic (exact) mass is 457 g/mol. The Bertz CT molecular complexity index is 914. The van der Waals surface area contributed by atoms with Crippen molar-refractivity contribution in [3.8, 4) is 0 Å². The number of para-hydroxylation sites is 1. The number of ether oxygens (including phenoxy) is 1. The van der Waals surface area contributed by atoms with Crippen molar-refractivity contribution in [3.05, 3.63) is 29.3 Å². The quantitative estimate of drug-likeness (QED) is 0.491. The number of fused-ring (bicyclic) bond motifs is 1. The van der Waals surface area contributed by atoms with Crippen LogP contribution in [0.5, 0.6) is 0 Å². The first-order valence-electron chi connectivity index (χ1n) is 12.1. The van der Waals surface area contributed by atoms with Crippen LogP contribution in [0, 0.1) is 25.7 Å². The van der Waals surface area contributed by atoms with Gasteiger partial charge in [-0.25, -0.2) is 0 Å². The molecule has 33 heavy (non-hydrogen) atoms. The summed E-state index contributed by atoms with van der Waals surface area (Å²) in [4.78, 5) is 42.0. The zero-order valence-electron chi connectivity index (χ0n) is 19.7. The Labute approximate surface area is 195 Å². The highest BCUT2D eigenvalue weighted by atomic mass is 16.5. The van der Waals surface area contributed by atoms with E-state index < -0.39 is 23.5 Å². The van der Waals surface area contributed by atoms with Gasteiger partial charge in [0.15, 0.2) is 0 Å². The molecule has 0 aliphatic carbocycles. The molecule has 1 aromatic rings. The van der Waals surface area contributed by atoms with Gasteiger partial charge in [-0.1, -0.05) is 25.1 Å². The van der Waals surface area contributed by atoms with E-state index in [1.54, 1.807) is 4.90 Å². The smallest absolute Gasteiger partial charge is 0.250 e. The first kappa shape index (κ1) is 23.7. The fourth-order valence-corrected chi connectivity index (χ4v) is 5.96. The number of unbranched alkanes of at least 4 members (excludes halogenated alkanes) is 1. The van der Waals surface area contributed by atoms with Crippen LogP contribution in [0.2, 0.25) is 0 Å². The van der Waals surface area contributed by atoms with Gasteiger partial charge in [0.05, 0.1) is 17.9 Å². The Morgan fingerprint density at radius 3 is 2.61 bits per heavy atom. The number of carbonyl (C=O) groups is 3. The third kappa shape index (κ3) is 3.93. The first-order valence-corrected chi connectivity index (χ1v) is 12.1. The van der Waals surface area contributed by atoms with E-state index in [-0.39, 0.29) is 30.4 Å². The molecule has 8 heteroatoms. The van der Waals surface area contributed by atoms with E-state index in [4.69, 9.17) is 4.74 Å². The second-order valence-corrected chi connectivity index (χ2v) is 9.57. The summed E-state index contributed by atoms with van der Waals surface area (Å²) >= 11 is 0. The molecule has 3 saturated heterocycles. The van der Waals surface area contributed by atoms with Gasteiger partial charge in [0, 0.05) is 25.4 Å². The fraction of sp³-hybridized carbons (Fsp3) is 0.640. The van der Waals surface area contributed by atoms with Crippen molar-refractivity contribution in [2.24, 2.45) is 11.8 Å². The van der Waals surface area contributed by atoms with Gasteiger partial charge in [0.25, 0.3) is 0 Å². The van der Waals surface area contributed by atoms with Crippen molar-refractivity contribution < 1.29 is 24.2 Å². The summed E-state index contributed by atoms with van der Waals surface area (Å²) in [6, 6.07) is 5.01. The van der Waals surface area contributed by atoms with E-state index >= 15 is 0 Å². The third-order valence-corrected chi connectivity index (χ3v) is 7.44. The average molecular weight is 458 g/mol. The molecule has 0 radical (unpaired) electrons. The Kier molecular flexibility index (Phi) is 6.77. The van der Waals surface area contributed by atoms with Crippen molar-refractivity contribution in [3.63, 3.8) is 0 Å². The van der Waals surface area contributed by atoms with Gasteiger partial charge in [-0.15, -0.1) is 0 Å². The summed E-state index contributed by atoms with van der Waals surface area (Å²) in [5.74, 6) is -1.85. The summed E-state index contributed by atoms with van der Waals surface area (Å²) in [5.41, 5.74) is 1.65. The zero-order valence-corrected chi connectivity index (χ0v) is 19.7. The van der Waals surface area contributed by atoms with E-state index in [0.29, 0.717) is 38.8 Å². The number of amides is 3. The second kappa shape index (κ2) is 9.43. The Balaban J connectivity index is 1.67. The van der Waals surface area contributed by atoms with Crippen LogP contribution in [0.25, 0.3) is 0 Å². The van der Waals surface area contributed by atoms with E-state index in [9.17, 15) is 19.5 Å². The van der Waals surface area contributed by atoms with Gasteiger partial charge >= 0.3 is 0 Å². The summed E-state index contributed by atoms with van der Waals surface area (Å²) in [7, 11) is 0. The van der Waals surface area contributed by atoms with Gasteiger partial charge in [-0.2, -0.15) is 0 Å². The number of anilines is 1. The van der Waals surface area contributed by atoms with Crippen LogP contribution in [0.15, 0.2) is 18.2 Å². The van der Waals surface area contributed by atoms with Crippen LogP contribution in [-0.4, -0.2) is 65.2 Å². The number of rotatable bonds is 9. The maximum absolute atomic E-state index is 13.7. The first-order chi connectivity index (χ1) is 15.9. The number of benzene rings is 1. The van der Waals surface area contributed by atoms with Crippen molar-refractivity contribution in [1.29, 1.82) is 0 Å². The molecule has 2 unspecified atom stereocenters. The van der Waals surface area contributed by atoms with Gasteiger partial charge in [-0.3, -0.25) is 14.4 Å². The SMILES string of the molecule is CCCNC(=O)[C@@H]1[C@H]2C(=O)N(CCCCO)C(C(=O)Nc3c(C)cccc3C)C23CC[C@H]1O3. The molecule has 0 aromatic heterocycles. The molecule has 3 fully saturated rings. The van der Waals surface area contributed by atoms with Gasteiger partial charge in [0.2, 0.25) is 17.7 Å². The maximum Gasteiger partial charge on any atom is 0.250 e. The molecular weight excluding hydrogens is 422 g/mol. The van der Waals surface area contributed by atoms with Gasteiger partial charge < -0.3 is 25.4 Å². The van der Waals surface area contributed by atoms with E-state index in [1.807, 2.05) is 39.0 Å². The number of nitrogens with one attached hydrogen (secondary N) is 2. The molecular formula is C25H35N3O5. The largest absolute Gasteiger partial charge is 0.396 e. The highest BCUT2D eigenvalue weighted by molar-refractivity contribution is 6.04. The molecule has 3 heterocycles. The van der Waals surface area contributed by atoms with Crippen molar-refractivity contribution in [2.75, 3.05) is 25.0 Å². The Morgan fingerprint density at radius 1 is 1.21 bits per heavy atom. The zero-order chi connectivity index (χ0) is 23.8. The molecule has 3 N–H and O–H groups in total. The lowest BCUT2D eigenvalue weighted by Crippen LogP contribution is -2.53. The predicted octanol–water partition coefficient (Wildman–Crippen LogP) is 1.92. The molecule has 2 bridgehead atoms. The highest BCUT2D eigenvalue weighted by Gasteiger charge is 2.74. The van der Waals surface area contributed by atoms with Crippen LogP contribution in [-0.2, 0) is 19.1 Å². The van der Waals surface area contributed by atoms with Crippen molar-refractivity contribution in [2.45, 2.75) is 70.6 Å². The van der Waals surface area contributed by atoms with Crippen LogP contribution >= 0.6 is 0 Å². The highest BCUT2D eigenvalue weighted by Crippen LogP contribution is 2.58. The molecule has 4 rings (SSSR count). The van der Waals surface area contributed by atoms with Crippen LogP contribution in [0.1, 0.15) is 50.2 Å². The van der Waals surface area contributed by atoms with Crippen LogP contribution in [0.3, 0.4) is 0 Å². The average Bonchev–Trinajstić information content (AvgIpc) is 3.42. The Hall–Kier alpha value is -2.45. The second-order valence-electron chi connectivity index (χ2n) is 9.57. The van der Waals surface area contributed by atoms with Crippen LogP contribution < -0.4 is 10.6 Å².